The lowest BCUT2D eigenvalue weighted by molar-refractivity contribution is 0.111. The smallest absolute Gasteiger partial charge is 0.176 e. The minimum absolute atomic E-state index is 0.00295. The minimum Gasteiger partial charge on any atom is -0.299 e. The first-order chi connectivity index (χ1) is 18.9. The second-order valence-corrected chi connectivity index (χ2v) is 14.3. The molecule has 40 heavy (non-hydrogen) atoms. The van der Waals surface area contributed by atoms with Crippen molar-refractivity contribution in [3.05, 3.63) is 111 Å². The van der Waals surface area contributed by atoms with Gasteiger partial charge in [0.15, 0.2) is 9.84 Å². The molecule has 4 nitrogen and oxygen atoms in total. The van der Waals surface area contributed by atoms with Crippen molar-refractivity contribution in [2.45, 2.75) is 39.3 Å². The maximum atomic E-state index is 14.0. The standard InChI is InChI=1S/C32H35ClF2N2O2S/c1-32(2)13-4-14-36(21-32)18-22-5-7-23(8-6-22)30(24-9-11-27(33)12-10-24)37-19-26(20-37)31(40(3,38)39)25-15-28(34)17-29(35)16-25/h5-12,15-17,30H,4,13-14,18-21H2,1-3H3/t30-/m1/s1. The molecule has 0 unspecified atom stereocenters. The van der Waals surface area contributed by atoms with E-state index in [2.05, 4.69) is 47.9 Å². The summed E-state index contributed by atoms with van der Waals surface area (Å²) in [7, 11) is -3.73. The summed E-state index contributed by atoms with van der Waals surface area (Å²) in [5.74, 6) is -1.61. The van der Waals surface area contributed by atoms with Crippen LogP contribution in [0.3, 0.4) is 0 Å². The Morgan fingerprint density at radius 3 is 2.08 bits per heavy atom. The highest BCUT2D eigenvalue weighted by Crippen LogP contribution is 2.39. The quantitative estimate of drug-likeness (QED) is 0.297. The summed E-state index contributed by atoms with van der Waals surface area (Å²) in [6, 6.07) is 19.1. The molecule has 1 atom stereocenters. The Morgan fingerprint density at radius 1 is 0.950 bits per heavy atom. The van der Waals surface area contributed by atoms with Crippen LogP contribution >= 0.6 is 11.6 Å². The average Bonchev–Trinajstić information content (AvgIpc) is 2.82. The molecular formula is C32H35ClF2N2O2S. The molecule has 2 fully saturated rings. The molecule has 2 heterocycles. The Balaban J connectivity index is 1.43. The van der Waals surface area contributed by atoms with Gasteiger partial charge in [0.2, 0.25) is 0 Å². The summed E-state index contributed by atoms with van der Waals surface area (Å²) < 4.78 is 53.4. The van der Waals surface area contributed by atoms with Gasteiger partial charge in [0.1, 0.15) is 11.6 Å². The normalized spacial score (nSPS) is 18.8. The van der Waals surface area contributed by atoms with Crippen molar-refractivity contribution in [2.75, 3.05) is 32.4 Å². The third-order valence-electron chi connectivity index (χ3n) is 7.84. The van der Waals surface area contributed by atoms with Crippen molar-refractivity contribution >= 4 is 26.3 Å². The number of halogens is 3. The molecule has 2 saturated heterocycles. The minimum atomic E-state index is -3.73. The Kier molecular flexibility index (Phi) is 8.22. The Morgan fingerprint density at radius 2 is 1.52 bits per heavy atom. The average molecular weight is 585 g/mol. The van der Waals surface area contributed by atoms with Crippen LogP contribution in [0.15, 0.2) is 72.3 Å². The van der Waals surface area contributed by atoms with Crippen LogP contribution in [0.2, 0.25) is 5.02 Å². The zero-order valence-corrected chi connectivity index (χ0v) is 24.7. The number of likely N-dealkylation sites (tertiary alicyclic amines) is 2. The van der Waals surface area contributed by atoms with Gasteiger partial charge >= 0.3 is 0 Å². The number of piperidine rings is 1. The highest BCUT2D eigenvalue weighted by Gasteiger charge is 2.35. The van der Waals surface area contributed by atoms with Gasteiger partial charge in [0.25, 0.3) is 0 Å². The maximum absolute atomic E-state index is 14.0. The maximum Gasteiger partial charge on any atom is 0.176 e. The number of nitrogens with zero attached hydrogens (tertiary/aromatic N) is 2. The van der Waals surface area contributed by atoms with Gasteiger partial charge in [-0.1, -0.05) is 61.8 Å². The molecule has 212 valence electrons. The Labute approximate surface area is 241 Å². The number of benzene rings is 3. The van der Waals surface area contributed by atoms with Crippen molar-refractivity contribution in [1.29, 1.82) is 0 Å². The van der Waals surface area contributed by atoms with E-state index < -0.39 is 21.5 Å². The third kappa shape index (κ3) is 6.65. The summed E-state index contributed by atoms with van der Waals surface area (Å²) in [6.07, 6.45) is 3.55. The molecule has 0 spiro atoms. The first-order valence-corrected chi connectivity index (χ1v) is 15.8. The zero-order valence-electron chi connectivity index (χ0n) is 23.1. The summed E-state index contributed by atoms with van der Waals surface area (Å²) in [6.45, 7) is 8.48. The molecule has 0 saturated carbocycles. The van der Waals surface area contributed by atoms with E-state index in [-0.39, 0.29) is 16.5 Å². The first-order valence-electron chi connectivity index (χ1n) is 13.6. The predicted octanol–water partition coefficient (Wildman–Crippen LogP) is 7.10. The lowest BCUT2D eigenvalue weighted by Crippen LogP contribution is -2.44. The fourth-order valence-corrected chi connectivity index (χ4v) is 7.46. The summed E-state index contributed by atoms with van der Waals surface area (Å²) in [5.41, 5.74) is 4.39. The van der Waals surface area contributed by atoms with E-state index in [0.717, 1.165) is 55.2 Å². The number of hydrogen-bond donors (Lipinski definition) is 0. The van der Waals surface area contributed by atoms with E-state index in [9.17, 15) is 17.2 Å². The monoisotopic (exact) mass is 584 g/mol. The second kappa shape index (κ2) is 11.4. The lowest BCUT2D eigenvalue weighted by atomic mass is 9.84. The SMILES string of the molecule is CC1(C)CCCN(Cc2ccc([C@H](c3ccc(Cl)cc3)N3CC(=C(c4cc(F)cc(F)c4)S(C)(=O)=O)C3)cc2)C1. The molecule has 2 aliphatic heterocycles. The first kappa shape index (κ1) is 28.9. The highest BCUT2D eigenvalue weighted by atomic mass is 35.5. The van der Waals surface area contributed by atoms with Gasteiger partial charge in [-0.05, 0) is 76.9 Å². The fourth-order valence-electron chi connectivity index (χ4n) is 6.14. The van der Waals surface area contributed by atoms with Gasteiger partial charge in [-0.2, -0.15) is 0 Å². The van der Waals surface area contributed by atoms with Crippen molar-refractivity contribution in [2.24, 2.45) is 5.41 Å². The predicted molar refractivity (Wildman–Crippen MR) is 158 cm³/mol. The Bertz CT molecular complexity index is 1490. The van der Waals surface area contributed by atoms with E-state index in [1.54, 1.807) is 0 Å². The van der Waals surface area contributed by atoms with Crippen molar-refractivity contribution in [1.82, 2.24) is 9.80 Å². The topological polar surface area (TPSA) is 40.6 Å². The van der Waals surface area contributed by atoms with Gasteiger partial charge in [-0.15, -0.1) is 0 Å². The molecule has 0 amide bonds. The zero-order chi connectivity index (χ0) is 28.7. The fraction of sp³-hybridized carbons (Fsp3) is 0.375. The van der Waals surface area contributed by atoms with Gasteiger partial charge < -0.3 is 0 Å². The molecule has 0 aliphatic carbocycles. The molecule has 0 radical (unpaired) electrons. The van der Waals surface area contributed by atoms with Crippen molar-refractivity contribution < 1.29 is 17.2 Å². The van der Waals surface area contributed by atoms with E-state index in [0.29, 0.717) is 29.1 Å². The Hall–Kier alpha value is -2.58. The highest BCUT2D eigenvalue weighted by molar-refractivity contribution is 8.00. The molecule has 5 rings (SSSR count). The van der Waals surface area contributed by atoms with Gasteiger partial charge in [-0.3, -0.25) is 9.80 Å². The molecule has 0 aromatic heterocycles. The van der Waals surface area contributed by atoms with Gasteiger partial charge in [-0.25, -0.2) is 17.2 Å². The van der Waals surface area contributed by atoms with Crippen LogP contribution in [-0.2, 0) is 16.4 Å². The van der Waals surface area contributed by atoms with E-state index in [1.165, 1.54) is 18.4 Å². The van der Waals surface area contributed by atoms with Crippen LogP contribution in [0.25, 0.3) is 4.91 Å². The van der Waals surface area contributed by atoms with E-state index in [1.807, 2.05) is 24.3 Å². The summed E-state index contributed by atoms with van der Waals surface area (Å²) in [4.78, 5) is 4.68. The molecule has 2 aliphatic rings. The molecule has 8 heteroatoms. The van der Waals surface area contributed by atoms with Crippen LogP contribution in [0.4, 0.5) is 8.78 Å². The summed E-state index contributed by atoms with van der Waals surface area (Å²) in [5, 5.41) is 0.638. The lowest BCUT2D eigenvalue weighted by Gasteiger charge is -2.42. The largest absolute Gasteiger partial charge is 0.299 e. The van der Waals surface area contributed by atoms with Crippen molar-refractivity contribution in [3.8, 4) is 0 Å². The molecule has 0 bridgehead atoms. The van der Waals surface area contributed by atoms with Gasteiger partial charge in [0, 0.05) is 43.5 Å². The van der Waals surface area contributed by atoms with Crippen molar-refractivity contribution in [3.63, 3.8) is 0 Å². The molecule has 3 aromatic carbocycles. The second-order valence-electron chi connectivity index (χ2n) is 11.9. The molecular weight excluding hydrogens is 550 g/mol. The van der Waals surface area contributed by atoms with E-state index in [4.69, 9.17) is 11.6 Å². The third-order valence-corrected chi connectivity index (χ3v) is 9.35. The number of sulfone groups is 1. The number of rotatable bonds is 7. The van der Waals surface area contributed by atoms with Crippen LogP contribution in [0.1, 0.15) is 55.0 Å². The van der Waals surface area contributed by atoms with Crippen LogP contribution in [0.5, 0.6) is 0 Å². The van der Waals surface area contributed by atoms with Gasteiger partial charge in [0.05, 0.1) is 10.9 Å². The van der Waals surface area contributed by atoms with Crippen LogP contribution in [0, 0.1) is 17.0 Å². The molecule has 3 aromatic rings. The number of hydrogen-bond acceptors (Lipinski definition) is 4. The molecule has 0 N–H and O–H groups in total. The van der Waals surface area contributed by atoms with E-state index >= 15 is 0 Å². The van der Waals surface area contributed by atoms with Crippen LogP contribution < -0.4 is 0 Å². The summed E-state index contributed by atoms with van der Waals surface area (Å²) >= 11 is 6.18. The van der Waals surface area contributed by atoms with Crippen LogP contribution in [-0.4, -0.2) is 50.7 Å².